The molecule has 0 saturated carbocycles. The number of fused-ring (bicyclic) bond motifs is 1. The van der Waals surface area contributed by atoms with Crippen LogP contribution >= 0.6 is 0 Å². The van der Waals surface area contributed by atoms with Gasteiger partial charge in [0.05, 0.1) is 25.5 Å². The molecule has 1 aliphatic heterocycles. The Hall–Kier alpha value is -3.28. The molecule has 0 N–H and O–H groups in total. The van der Waals surface area contributed by atoms with Crippen molar-refractivity contribution in [3.8, 4) is 28.5 Å². The summed E-state index contributed by atoms with van der Waals surface area (Å²) in [5.41, 5.74) is 1.48. The fraction of sp³-hybridized carbons (Fsp3) is 0.273. The van der Waals surface area contributed by atoms with Crippen molar-refractivity contribution in [2.45, 2.75) is 19.4 Å². The Labute approximate surface area is 163 Å². The molecule has 0 radical (unpaired) electrons. The quantitative estimate of drug-likeness (QED) is 0.614. The van der Waals surface area contributed by atoms with E-state index >= 15 is 0 Å². The first-order valence-corrected chi connectivity index (χ1v) is 9.46. The second-order valence-electron chi connectivity index (χ2n) is 6.51. The third kappa shape index (κ3) is 4.34. The highest BCUT2D eigenvalue weighted by Gasteiger charge is 2.12. The second-order valence-corrected chi connectivity index (χ2v) is 6.51. The van der Waals surface area contributed by atoms with Gasteiger partial charge in [0.15, 0.2) is 11.5 Å². The minimum atomic E-state index is -0.127. The zero-order valence-electron chi connectivity index (χ0n) is 15.5. The molecule has 0 spiro atoms. The van der Waals surface area contributed by atoms with Crippen LogP contribution in [0.1, 0.15) is 12.8 Å². The van der Waals surface area contributed by atoms with Crippen LogP contribution in [-0.4, -0.2) is 29.6 Å². The standard InChI is InChI=1S/C22H22N2O4/c25-22-11-9-19(17-8-10-20-21(16-17)28-15-5-14-27-20)23-24(22)12-4-13-26-18-6-2-1-3-7-18/h1-3,6-11,16H,4-5,12-15H2. The van der Waals surface area contributed by atoms with E-state index < -0.39 is 0 Å². The van der Waals surface area contributed by atoms with Crippen molar-refractivity contribution in [2.24, 2.45) is 0 Å². The summed E-state index contributed by atoms with van der Waals surface area (Å²) in [5.74, 6) is 2.28. The largest absolute Gasteiger partial charge is 0.494 e. The van der Waals surface area contributed by atoms with Gasteiger partial charge in [-0.1, -0.05) is 18.2 Å². The first-order valence-electron chi connectivity index (χ1n) is 9.46. The van der Waals surface area contributed by atoms with Gasteiger partial charge in [0, 0.05) is 31.0 Å². The topological polar surface area (TPSA) is 62.6 Å². The van der Waals surface area contributed by atoms with E-state index in [1.165, 1.54) is 4.68 Å². The minimum Gasteiger partial charge on any atom is -0.494 e. The number of ether oxygens (including phenoxy) is 3. The van der Waals surface area contributed by atoms with Gasteiger partial charge in [0.1, 0.15) is 5.75 Å². The number of hydrogen-bond acceptors (Lipinski definition) is 5. The summed E-state index contributed by atoms with van der Waals surface area (Å²) in [4.78, 5) is 12.2. The summed E-state index contributed by atoms with van der Waals surface area (Å²) in [5, 5.41) is 4.51. The molecule has 0 unspecified atom stereocenters. The van der Waals surface area contributed by atoms with Crippen molar-refractivity contribution in [3.05, 3.63) is 71.0 Å². The van der Waals surface area contributed by atoms with E-state index in [1.807, 2.05) is 48.5 Å². The maximum atomic E-state index is 12.2. The third-order valence-corrected chi connectivity index (χ3v) is 4.44. The van der Waals surface area contributed by atoms with Crippen LogP contribution < -0.4 is 19.8 Å². The van der Waals surface area contributed by atoms with E-state index in [-0.39, 0.29) is 5.56 Å². The highest BCUT2D eigenvalue weighted by Crippen LogP contribution is 2.33. The molecular formula is C22H22N2O4. The molecule has 0 aliphatic carbocycles. The minimum absolute atomic E-state index is 0.127. The summed E-state index contributed by atoms with van der Waals surface area (Å²) in [6.45, 7) is 2.29. The molecular weight excluding hydrogens is 356 g/mol. The molecule has 28 heavy (non-hydrogen) atoms. The molecule has 0 amide bonds. The highest BCUT2D eigenvalue weighted by molar-refractivity contribution is 5.63. The van der Waals surface area contributed by atoms with Crippen LogP contribution in [0.4, 0.5) is 0 Å². The zero-order valence-corrected chi connectivity index (χ0v) is 15.5. The van der Waals surface area contributed by atoms with Crippen LogP contribution in [0, 0.1) is 0 Å². The molecule has 0 bridgehead atoms. The first kappa shape index (κ1) is 18.1. The van der Waals surface area contributed by atoms with Crippen molar-refractivity contribution in [1.29, 1.82) is 0 Å². The van der Waals surface area contributed by atoms with Crippen molar-refractivity contribution < 1.29 is 14.2 Å². The van der Waals surface area contributed by atoms with Gasteiger partial charge in [0.2, 0.25) is 0 Å². The Kier molecular flexibility index (Phi) is 5.56. The van der Waals surface area contributed by atoms with E-state index in [9.17, 15) is 4.79 Å². The summed E-state index contributed by atoms with van der Waals surface area (Å²) < 4.78 is 18.6. The maximum Gasteiger partial charge on any atom is 0.266 e. The van der Waals surface area contributed by atoms with Crippen molar-refractivity contribution in [2.75, 3.05) is 19.8 Å². The van der Waals surface area contributed by atoms with Crippen molar-refractivity contribution in [3.63, 3.8) is 0 Å². The van der Waals surface area contributed by atoms with Gasteiger partial charge in [-0.25, -0.2) is 4.68 Å². The average molecular weight is 378 g/mol. The lowest BCUT2D eigenvalue weighted by atomic mass is 10.1. The number of para-hydroxylation sites is 1. The summed E-state index contributed by atoms with van der Waals surface area (Å²) in [7, 11) is 0. The SMILES string of the molecule is O=c1ccc(-c2ccc3c(c2)OCCCO3)nn1CCCOc1ccccc1. The van der Waals surface area contributed by atoms with Gasteiger partial charge in [-0.05, 0) is 36.4 Å². The lowest BCUT2D eigenvalue weighted by Crippen LogP contribution is -2.23. The van der Waals surface area contributed by atoms with Gasteiger partial charge in [0.25, 0.3) is 5.56 Å². The zero-order chi connectivity index (χ0) is 19.2. The Bertz CT molecular complexity index is 985. The number of aryl methyl sites for hydroxylation is 1. The van der Waals surface area contributed by atoms with Crippen LogP contribution in [0.5, 0.6) is 17.2 Å². The van der Waals surface area contributed by atoms with E-state index in [0.717, 1.165) is 29.2 Å². The molecule has 0 fully saturated rings. The fourth-order valence-electron chi connectivity index (χ4n) is 3.01. The van der Waals surface area contributed by atoms with Crippen molar-refractivity contribution in [1.82, 2.24) is 9.78 Å². The van der Waals surface area contributed by atoms with Crippen LogP contribution in [0.15, 0.2) is 65.5 Å². The Balaban J connectivity index is 1.45. The second kappa shape index (κ2) is 8.61. The summed E-state index contributed by atoms with van der Waals surface area (Å²) in [6.07, 6.45) is 1.55. The predicted octanol–water partition coefficient (Wildman–Crippen LogP) is 3.54. The fourth-order valence-corrected chi connectivity index (χ4v) is 3.01. The van der Waals surface area contributed by atoms with Crippen LogP contribution in [0.2, 0.25) is 0 Å². The van der Waals surface area contributed by atoms with Crippen LogP contribution in [0.3, 0.4) is 0 Å². The summed E-state index contributed by atoms with van der Waals surface area (Å²) >= 11 is 0. The molecule has 1 aromatic heterocycles. The molecule has 2 aromatic carbocycles. The Morgan fingerprint density at radius 1 is 0.964 bits per heavy atom. The molecule has 144 valence electrons. The van der Waals surface area contributed by atoms with Crippen LogP contribution in [-0.2, 0) is 6.54 Å². The molecule has 0 atom stereocenters. The number of rotatable bonds is 6. The number of hydrogen-bond donors (Lipinski definition) is 0. The van der Waals surface area contributed by atoms with Gasteiger partial charge >= 0.3 is 0 Å². The Morgan fingerprint density at radius 3 is 2.64 bits per heavy atom. The van der Waals surface area contributed by atoms with Gasteiger partial charge in [-0.15, -0.1) is 0 Å². The van der Waals surface area contributed by atoms with Gasteiger partial charge in [-0.2, -0.15) is 5.10 Å². The monoisotopic (exact) mass is 378 g/mol. The van der Waals surface area contributed by atoms with Crippen LogP contribution in [0.25, 0.3) is 11.3 Å². The van der Waals surface area contributed by atoms with Crippen molar-refractivity contribution >= 4 is 0 Å². The van der Waals surface area contributed by atoms with E-state index in [2.05, 4.69) is 5.10 Å². The predicted molar refractivity (Wildman–Crippen MR) is 106 cm³/mol. The Morgan fingerprint density at radius 2 is 1.79 bits per heavy atom. The van der Waals surface area contributed by atoms with Gasteiger partial charge in [-0.3, -0.25) is 4.79 Å². The van der Waals surface area contributed by atoms with E-state index in [1.54, 1.807) is 12.1 Å². The summed E-state index contributed by atoms with van der Waals surface area (Å²) in [6, 6.07) is 18.6. The molecule has 6 heteroatoms. The lowest BCUT2D eigenvalue weighted by Gasteiger charge is -2.11. The van der Waals surface area contributed by atoms with E-state index in [0.29, 0.717) is 38.5 Å². The number of nitrogens with zero attached hydrogens (tertiary/aromatic N) is 2. The number of benzene rings is 2. The maximum absolute atomic E-state index is 12.2. The van der Waals surface area contributed by atoms with E-state index in [4.69, 9.17) is 14.2 Å². The molecule has 3 aromatic rings. The molecule has 1 aliphatic rings. The smallest absolute Gasteiger partial charge is 0.266 e. The number of aromatic nitrogens is 2. The normalized spacial score (nSPS) is 13.0. The molecule has 4 rings (SSSR count). The molecule has 0 saturated heterocycles. The highest BCUT2D eigenvalue weighted by atomic mass is 16.5. The third-order valence-electron chi connectivity index (χ3n) is 4.44. The lowest BCUT2D eigenvalue weighted by molar-refractivity contribution is 0.297. The average Bonchev–Trinajstić information content (AvgIpc) is 2.98. The first-order chi connectivity index (χ1) is 13.8. The van der Waals surface area contributed by atoms with Gasteiger partial charge < -0.3 is 14.2 Å². The molecule has 6 nitrogen and oxygen atoms in total. The molecule has 2 heterocycles.